The molecule has 5 aromatic rings. The highest BCUT2D eigenvalue weighted by atomic mass is 16.2. The van der Waals surface area contributed by atoms with Gasteiger partial charge in [-0.2, -0.15) is 4.98 Å². The van der Waals surface area contributed by atoms with E-state index in [1.807, 2.05) is 70.1 Å². The topological polar surface area (TPSA) is 91.2 Å². The lowest BCUT2D eigenvalue weighted by Gasteiger charge is -2.42. The molecule has 0 saturated carbocycles. The van der Waals surface area contributed by atoms with Crippen molar-refractivity contribution in [3.05, 3.63) is 85.3 Å². The molecule has 9 nitrogen and oxygen atoms in total. The van der Waals surface area contributed by atoms with Crippen LogP contribution in [0.1, 0.15) is 6.92 Å². The molecule has 0 radical (unpaired) electrons. The summed E-state index contributed by atoms with van der Waals surface area (Å²) < 4.78 is 1.96. The number of piperazine rings is 1. The van der Waals surface area contributed by atoms with Crippen LogP contribution >= 0.6 is 0 Å². The highest BCUT2D eigenvalue weighted by Gasteiger charge is 2.31. The normalized spacial score (nSPS) is 17.0. The van der Waals surface area contributed by atoms with Crippen molar-refractivity contribution in [3.8, 4) is 5.82 Å². The molecule has 0 bridgehead atoms. The van der Waals surface area contributed by atoms with Crippen molar-refractivity contribution in [1.82, 2.24) is 29.3 Å². The number of nitrogens with zero attached hydrogens (tertiary/aromatic N) is 6. The number of carbonyl (C=O) groups is 1. The molecule has 0 spiro atoms. The molecule has 192 valence electrons. The molecule has 2 atom stereocenters. The summed E-state index contributed by atoms with van der Waals surface area (Å²) in [5.41, 5.74) is 2.73. The number of hydrogen-bond donors (Lipinski definition) is 2. The Morgan fingerprint density at radius 3 is 2.71 bits per heavy atom. The molecule has 1 aliphatic rings. The quantitative estimate of drug-likeness (QED) is 0.362. The lowest BCUT2D eigenvalue weighted by molar-refractivity contribution is 0.108. The second-order valence-corrected chi connectivity index (χ2v) is 9.73. The van der Waals surface area contributed by atoms with Crippen molar-refractivity contribution in [3.63, 3.8) is 0 Å². The molecule has 2 N–H and O–H groups in total. The van der Waals surface area contributed by atoms with Gasteiger partial charge in [-0.25, -0.2) is 14.8 Å². The van der Waals surface area contributed by atoms with Crippen molar-refractivity contribution < 1.29 is 4.79 Å². The third kappa shape index (κ3) is 4.64. The van der Waals surface area contributed by atoms with E-state index in [1.54, 1.807) is 12.5 Å². The Hall–Kier alpha value is -4.50. The largest absolute Gasteiger partial charge is 0.350 e. The minimum atomic E-state index is -0.0862. The van der Waals surface area contributed by atoms with Crippen molar-refractivity contribution in [2.24, 2.45) is 0 Å². The first kappa shape index (κ1) is 23.9. The summed E-state index contributed by atoms with van der Waals surface area (Å²) in [6.07, 6.45) is 3.53. The molecule has 1 fully saturated rings. The van der Waals surface area contributed by atoms with Gasteiger partial charge < -0.3 is 15.5 Å². The number of imidazole rings is 1. The number of benzene rings is 3. The van der Waals surface area contributed by atoms with Crippen LogP contribution in [-0.4, -0.2) is 74.1 Å². The van der Waals surface area contributed by atoms with E-state index in [4.69, 9.17) is 4.98 Å². The van der Waals surface area contributed by atoms with Gasteiger partial charge in [0.2, 0.25) is 5.95 Å². The first-order valence-electron chi connectivity index (χ1n) is 12.8. The van der Waals surface area contributed by atoms with Gasteiger partial charge in [-0.05, 0) is 43.6 Å². The molecule has 0 unspecified atom stereocenters. The van der Waals surface area contributed by atoms with E-state index < -0.39 is 0 Å². The molecule has 9 heteroatoms. The standard InChI is InChI=1S/C29H30N8O/c1-20(32-28-30-15-14-27(34-28)37-19-31-24-11-5-6-13-25(24)37)26-18-36(17-16-35(26)2)29(38)33-23-12-7-9-21-8-3-4-10-22(21)23/h3-15,19-20,26H,16-18H2,1-2H3,(H,33,38)(H,30,32,34)/t20-,26-/m0/s1. The van der Waals surface area contributed by atoms with E-state index in [2.05, 4.69) is 51.6 Å². The third-order valence-electron chi connectivity index (χ3n) is 7.29. The van der Waals surface area contributed by atoms with Crippen LogP contribution < -0.4 is 10.6 Å². The fourth-order valence-electron chi connectivity index (χ4n) is 5.15. The van der Waals surface area contributed by atoms with Crippen molar-refractivity contribution in [1.29, 1.82) is 0 Å². The summed E-state index contributed by atoms with van der Waals surface area (Å²) in [7, 11) is 2.09. The number of rotatable bonds is 5. The Balaban J connectivity index is 1.16. The molecule has 38 heavy (non-hydrogen) atoms. The van der Waals surface area contributed by atoms with Crippen LogP contribution in [0.15, 0.2) is 85.3 Å². The van der Waals surface area contributed by atoms with Crippen LogP contribution in [0.25, 0.3) is 27.6 Å². The Morgan fingerprint density at radius 2 is 1.79 bits per heavy atom. The van der Waals surface area contributed by atoms with Crippen molar-refractivity contribution in [2.75, 3.05) is 37.3 Å². The SMILES string of the molecule is C[C@H](Nc1nccc(-n2cnc3ccccc32)n1)[C@@H]1CN(C(=O)Nc2cccc3ccccc23)CCN1C. The second-order valence-electron chi connectivity index (χ2n) is 9.73. The minimum absolute atomic E-state index is 0.00272. The number of nitrogens with one attached hydrogen (secondary N) is 2. The number of fused-ring (bicyclic) bond motifs is 2. The number of aromatic nitrogens is 4. The maximum absolute atomic E-state index is 13.3. The number of para-hydroxylation sites is 2. The molecular weight excluding hydrogens is 476 g/mol. The molecular formula is C29H30N8O. The fraction of sp³-hybridized carbons (Fsp3) is 0.241. The van der Waals surface area contributed by atoms with Crippen LogP contribution in [0.2, 0.25) is 0 Å². The van der Waals surface area contributed by atoms with E-state index in [0.717, 1.165) is 39.9 Å². The van der Waals surface area contributed by atoms with E-state index >= 15 is 0 Å². The van der Waals surface area contributed by atoms with Gasteiger partial charge in [-0.15, -0.1) is 0 Å². The summed E-state index contributed by atoms with van der Waals surface area (Å²) >= 11 is 0. The van der Waals surface area contributed by atoms with Gasteiger partial charge in [0.1, 0.15) is 12.1 Å². The highest BCUT2D eigenvalue weighted by Crippen LogP contribution is 2.24. The summed E-state index contributed by atoms with van der Waals surface area (Å²) in [6.45, 7) is 4.14. The second kappa shape index (κ2) is 10.1. The Kier molecular flexibility index (Phi) is 6.35. The predicted molar refractivity (Wildman–Crippen MR) is 151 cm³/mol. The van der Waals surface area contributed by atoms with Gasteiger partial charge in [0.15, 0.2) is 0 Å². The Labute approximate surface area is 221 Å². The lowest BCUT2D eigenvalue weighted by Crippen LogP contribution is -2.59. The van der Waals surface area contributed by atoms with Gasteiger partial charge in [-0.3, -0.25) is 9.47 Å². The summed E-state index contributed by atoms with van der Waals surface area (Å²) in [5.74, 6) is 1.29. The molecule has 6 rings (SSSR count). The van der Waals surface area contributed by atoms with Crippen LogP contribution in [-0.2, 0) is 0 Å². The number of urea groups is 1. The maximum Gasteiger partial charge on any atom is 0.321 e. The molecule has 1 aliphatic heterocycles. The number of hydrogen-bond acceptors (Lipinski definition) is 6. The van der Waals surface area contributed by atoms with Crippen LogP contribution in [0.4, 0.5) is 16.4 Å². The molecule has 2 amide bonds. The van der Waals surface area contributed by atoms with Crippen molar-refractivity contribution in [2.45, 2.75) is 19.0 Å². The highest BCUT2D eigenvalue weighted by molar-refractivity contribution is 6.01. The summed E-state index contributed by atoms with van der Waals surface area (Å²) in [5, 5.41) is 8.74. The average Bonchev–Trinajstić information content (AvgIpc) is 3.38. The van der Waals surface area contributed by atoms with E-state index in [0.29, 0.717) is 19.0 Å². The van der Waals surface area contributed by atoms with Gasteiger partial charge in [-0.1, -0.05) is 48.5 Å². The predicted octanol–water partition coefficient (Wildman–Crippen LogP) is 4.62. The number of likely N-dealkylation sites (N-methyl/N-ethyl adjacent to an activating group) is 1. The molecule has 3 heterocycles. The van der Waals surface area contributed by atoms with Crippen LogP contribution in [0.5, 0.6) is 0 Å². The van der Waals surface area contributed by atoms with Gasteiger partial charge in [0, 0.05) is 43.3 Å². The van der Waals surface area contributed by atoms with Crippen molar-refractivity contribution >= 4 is 39.5 Å². The summed E-state index contributed by atoms with van der Waals surface area (Å²) in [6, 6.07) is 23.9. The zero-order valence-corrected chi connectivity index (χ0v) is 21.5. The smallest absolute Gasteiger partial charge is 0.321 e. The van der Waals surface area contributed by atoms with E-state index in [-0.39, 0.29) is 18.1 Å². The maximum atomic E-state index is 13.3. The number of carbonyl (C=O) groups excluding carboxylic acids is 1. The molecule has 0 aliphatic carbocycles. The zero-order valence-electron chi connectivity index (χ0n) is 21.5. The first-order chi connectivity index (χ1) is 18.6. The minimum Gasteiger partial charge on any atom is -0.350 e. The van der Waals surface area contributed by atoms with Gasteiger partial charge >= 0.3 is 6.03 Å². The third-order valence-corrected chi connectivity index (χ3v) is 7.29. The zero-order chi connectivity index (χ0) is 26.1. The molecule has 1 saturated heterocycles. The average molecular weight is 507 g/mol. The van der Waals surface area contributed by atoms with Crippen LogP contribution in [0, 0.1) is 0 Å². The van der Waals surface area contributed by atoms with Crippen LogP contribution in [0.3, 0.4) is 0 Å². The molecule has 3 aromatic carbocycles. The van der Waals surface area contributed by atoms with E-state index in [1.165, 1.54) is 0 Å². The fourth-order valence-corrected chi connectivity index (χ4v) is 5.15. The van der Waals surface area contributed by atoms with Gasteiger partial charge in [0.25, 0.3) is 0 Å². The summed E-state index contributed by atoms with van der Waals surface area (Å²) in [4.78, 5) is 31.1. The lowest BCUT2D eigenvalue weighted by atomic mass is 10.1. The van der Waals surface area contributed by atoms with Gasteiger partial charge in [0.05, 0.1) is 16.7 Å². The Bertz CT molecular complexity index is 1590. The molecule has 2 aromatic heterocycles. The monoisotopic (exact) mass is 506 g/mol. The number of amides is 2. The Morgan fingerprint density at radius 1 is 0.974 bits per heavy atom. The van der Waals surface area contributed by atoms with E-state index in [9.17, 15) is 4.79 Å². The first-order valence-corrected chi connectivity index (χ1v) is 12.8. The number of anilines is 2.